The highest BCUT2D eigenvalue weighted by atomic mass is 32.1. The van der Waals surface area contributed by atoms with E-state index >= 15 is 0 Å². The lowest BCUT2D eigenvalue weighted by Crippen LogP contribution is -2.48. The largest absolute Gasteiger partial charge is 0.475 e. The monoisotopic (exact) mass is 695 g/mol. The Morgan fingerprint density at radius 3 is 2.47 bits per heavy atom. The molecular formula is C36H49N5O7S. The van der Waals surface area contributed by atoms with Crippen LogP contribution in [0.3, 0.4) is 0 Å². The number of aliphatic hydroxyl groups is 1. The molecule has 2 aliphatic rings. The first kappa shape index (κ1) is 36.3. The van der Waals surface area contributed by atoms with E-state index in [0.717, 1.165) is 34.5 Å². The minimum atomic E-state index is -0.814. The molecule has 1 aromatic carbocycles. The van der Waals surface area contributed by atoms with Gasteiger partial charge in [0, 0.05) is 44.1 Å². The van der Waals surface area contributed by atoms with E-state index < -0.39 is 23.7 Å². The number of nitrogens with zero attached hydrogens (tertiary/aromatic N) is 4. The van der Waals surface area contributed by atoms with Gasteiger partial charge < -0.3 is 34.2 Å². The molecule has 2 saturated heterocycles. The number of nitrogens with one attached hydrogen (secondary N) is 1. The second kappa shape index (κ2) is 14.9. The van der Waals surface area contributed by atoms with Crippen LogP contribution in [-0.4, -0.2) is 86.9 Å². The number of likely N-dealkylation sites (tertiary alicyclic amines) is 2. The molecule has 266 valence electrons. The van der Waals surface area contributed by atoms with Gasteiger partial charge in [-0.2, -0.15) is 0 Å². The van der Waals surface area contributed by atoms with Crippen molar-refractivity contribution in [1.29, 1.82) is 0 Å². The maximum absolute atomic E-state index is 14.0. The molecule has 0 saturated carbocycles. The molecule has 12 nitrogen and oxygen atoms in total. The zero-order chi connectivity index (χ0) is 35.5. The molecule has 13 heteroatoms. The summed E-state index contributed by atoms with van der Waals surface area (Å²) in [5.41, 5.74) is 4.07. The van der Waals surface area contributed by atoms with Crippen LogP contribution in [0.1, 0.15) is 83.7 Å². The van der Waals surface area contributed by atoms with Crippen LogP contribution < -0.4 is 10.1 Å². The fourth-order valence-corrected chi connectivity index (χ4v) is 7.13. The molecule has 2 N–H and O–H groups in total. The van der Waals surface area contributed by atoms with Crippen molar-refractivity contribution in [3.63, 3.8) is 0 Å². The number of rotatable bonds is 10. The van der Waals surface area contributed by atoms with Gasteiger partial charge in [0.25, 0.3) is 5.88 Å². The second-order valence-corrected chi connectivity index (χ2v) is 15.8. The van der Waals surface area contributed by atoms with E-state index in [1.165, 1.54) is 4.90 Å². The van der Waals surface area contributed by atoms with Crippen molar-refractivity contribution in [3.8, 4) is 16.3 Å². The number of amides is 3. The third-order valence-electron chi connectivity index (χ3n) is 9.23. The first-order valence-corrected chi connectivity index (χ1v) is 17.8. The summed E-state index contributed by atoms with van der Waals surface area (Å²) >= 11 is 1.59. The maximum Gasteiger partial charge on any atom is 0.410 e. The van der Waals surface area contributed by atoms with E-state index in [-0.39, 0.29) is 48.1 Å². The number of hydrogen-bond donors (Lipinski definition) is 2. The van der Waals surface area contributed by atoms with Crippen LogP contribution in [0, 0.1) is 18.3 Å². The summed E-state index contributed by atoms with van der Waals surface area (Å²) < 4.78 is 17.2. The van der Waals surface area contributed by atoms with E-state index in [0.29, 0.717) is 32.0 Å². The minimum absolute atomic E-state index is 0.0548. The molecule has 4 heterocycles. The predicted molar refractivity (Wildman–Crippen MR) is 185 cm³/mol. The van der Waals surface area contributed by atoms with Crippen LogP contribution >= 0.6 is 11.3 Å². The van der Waals surface area contributed by atoms with Crippen molar-refractivity contribution >= 4 is 29.2 Å². The van der Waals surface area contributed by atoms with Crippen molar-refractivity contribution in [3.05, 3.63) is 52.9 Å². The summed E-state index contributed by atoms with van der Waals surface area (Å²) in [6, 6.07) is 8.78. The summed E-state index contributed by atoms with van der Waals surface area (Å²) in [4.78, 5) is 48.5. The molecule has 49 heavy (non-hydrogen) atoms. The van der Waals surface area contributed by atoms with Crippen LogP contribution in [0.5, 0.6) is 5.88 Å². The Bertz CT molecular complexity index is 1600. The number of benzene rings is 1. The summed E-state index contributed by atoms with van der Waals surface area (Å²) in [6.45, 7) is 15.3. The average Bonchev–Trinajstić information content (AvgIpc) is 3.78. The Hall–Kier alpha value is -3.97. The Labute approximate surface area is 292 Å². The maximum atomic E-state index is 14.0. The van der Waals surface area contributed by atoms with Crippen molar-refractivity contribution in [2.24, 2.45) is 11.3 Å². The van der Waals surface area contributed by atoms with Crippen molar-refractivity contribution in [2.75, 3.05) is 26.2 Å². The molecule has 2 aromatic heterocycles. The van der Waals surface area contributed by atoms with Gasteiger partial charge in [-0.1, -0.05) is 45.0 Å². The Morgan fingerprint density at radius 1 is 1.16 bits per heavy atom. The Kier molecular flexibility index (Phi) is 11.0. The number of thiazole rings is 1. The number of ether oxygens (including phenoxy) is 2. The molecule has 3 atom stereocenters. The highest BCUT2D eigenvalue weighted by Crippen LogP contribution is 2.35. The zero-order valence-electron chi connectivity index (χ0n) is 29.5. The molecule has 3 aromatic rings. The number of piperidine rings is 1. The molecule has 2 fully saturated rings. The fourth-order valence-electron chi connectivity index (χ4n) is 6.31. The molecule has 0 radical (unpaired) electrons. The minimum Gasteiger partial charge on any atom is -0.475 e. The summed E-state index contributed by atoms with van der Waals surface area (Å²) in [5, 5.41) is 17.6. The molecule has 5 rings (SSSR count). The predicted octanol–water partition coefficient (Wildman–Crippen LogP) is 5.54. The zero-order valence-corrected chi connectivity index (χ0v) is 30.3. The Balaban J connectivity index is 1.17. The molecule has 0 unspecified atom stereocenters. The van der Waals surface area contributed by atoms with Crippen LogP contribution in [0.2, 0.25) is 0 Å². The molecule has 0 aliphatic carbocycles. The van der Waals surface area contributed by atoms with Gasteiger partial charge in [0.1, 0.15) is 17.6 Å². The van der Waals surface area contributed by atoms with E-state index in [4.69, 9.17) is 14.0 Å². The number of hydrogen-bond acceptors (Lipinski definition) is 10. The van der Waals surface area contributed by atoms with Gasteiger partial charge in [-0.05, 0) is 62.7 Å². The first-order valence-electron chi connectivity index (χ1n) is 17.0. The standard InChI is InChI=1S/C36H49N5O7S/c1-22(2)30(28-17-29(39-48-28)46-20-36(7)12-14-40(15-13-36)34(45)47-35(4,5)6)33(44)41-19-26(42)16-27(41)32(43)37-18-24-8-10-25(11-9-24)31-23(3)38-21-49-31/h8-11,17,21-22,26-27,30,42H,12-16,18-20H2,1-7H3,(H,37,43)/t26-,27+,30-/m1/s1. The summed E-state index contributed by atoms with van der Waals surface area (Å²) in [7, 11) is 0. The molecular weight excluding hydrogens is 646 g/mol. The van der Waals surface area contributed by atoms with Crippen molar-refractivity contribution < 1.29 is 33.5 Å². The van der Waals surface area contributed by atoms with Gasteiger partial charge >= 0.3 is 6.09 Å². The van der Waals surface area contributed by atoms with Crippen LogP contribution in [0.15, 0.2) is 40.4 Å². The first-order chi connectivity index (χ1) is 23.1. The smallest absolute Gasteiger partial charge is 0.410 e. The van der Waals surface area contributed by atoms with E-state index in [1.807, 2.05) is 71.3 Å². The third-order valence-corrected chi connectivity index (χ3v) is 10.2. The number of β-amino-alcohol motifs (C(OH)–C–C–N with tert-alkyl or cyclic N) is 1. The highest BCUT2D eigenvalue weighted by molar-refractivity contribution is 7.13. The van der Waals surface area contributed by atoms with Gasteiger partial charge in [-0.15, -0.1) is 11.3 Å². The van der Waals surface area contributed by atoms with Crippen LogP contribution in [0.4, 0.5) is 4.79 Å². The number of carbonyl (C=O) groups is 3. The lowest BCUT2D eigenvalue weighted by atomic mass is 9.81. The lowest BCUT2D eigenvalue weighted by molar-refractivity contribution is -0.141. The molecule has 0 spiro atoms. The molecule has 3 amide bonds. The highest BCUT2D eigenvalue weighted by Gasteiger charge is 2.43. The summed E-state index contributed by atoms with van der Waals surface area (Å²) in [6.07, 6.45) is 0.510. The van der Waals surface area contributed by atoms with Gasteiger partial charge in [0.05, 0.1) is 28.8 Å². The van der Waals surface area contributed by atoms with E-state index in [2.05, 4.69) is 22.4 Å². The topological polar surface area (TPSA) is 147 Å². The van der Waals surface area contributed by atoms with Crippen molar-refractivity contribution in [2.45, 2.75) is 97.9 Å². The van der Waals surface area contributed by atoms with E-state index in [1.54, 1.807) is 22.3 Å². The van der Waals surface area contributed by atoms with Gasteiger partial charge in [0.15, 0.2) is 5.76 Å². The van der Waals surface area contributed by atoms with Crippen LogP contribution in [0.25, 0.3) is 10.4 Å². The lowest BCUT2D eigenvalue weighted by Gasteiger charge is -2.39. The molecule has 2 aliphatic heterocycles. The summed E-state index contributed by atoms with van der Waals surface area (Å²) in [5.74, 6) is -0.901. The SMILES string of the molecule is Cc1ncsc1-c1ccc(CNC(=O)[C@@H]2C[C@@H](O)CN2C(=O)[C@@H](c2cc(OCC3(C)CCN(C(=O)OC(C)(C)C)CC3)no2)C(C)C)cc1. The fraction of sp³-hybridized carbons (Fsp3) is 0.583. The second-order valence-electron chi connectivity index (χ2n) is 14.9. The van der Waals surface area contributed by atoms with Gasteiger partial charge in [-0.25, -0.2) is 9.78 Å². The average molecular weight is 696 g/mol. The number of carbonyl (C=O) groups excluding carboxylic acids is 3. The number of aryl methyl sites for hydroxylation is 1. The number of aliphatic hydroxyl groups excluding tert-OH is 1. The van der Waals surface area contributed by atoms with Crippen LogP contribution in [-0.2, 0) is 20.9 Å². The normalized spacial score (nSPS) is 19.9. The van der Waals surface area contributed by atoms with Gasteiger partial charge in [-0.3, -0.25) is 9.59 Å². The van der Waals surface area contributed by atoms with E-state index in [9.17, 15) is 19.5 Å². The Morgan fingerprint density at radius 2 is 1.86 bits per heavy atom. The quantitative estimate of drug-likeness (QED) is 0.279. The van der Waals surface area contributed by atoms with Crippen molar-refractivity contribution in [1.82, 2.24) is 25.3 Å². The van der Waals surface area contributed by atoms with Gasteiger partial charge in [0.2, 0.25) is 11.8 Å². The third kappa shape index (κ3) is 8.99. The molecule has 0 bridgehead atoms. The number of aromatic nitrogens is 2.